The lowest BCUT2D eigenvalue weighted by molar-refractivity contribution is -0.137. The Labute approximate surface area is 178 Å². The molecular formula is C24H23F3N2O2. The summed E-state index contributed by atoms with van der Waals surface area (Å²) in [6, 6.07) is 18.9. The molecular weight excluding hydrogens is 405 g/mol. The maximum absolute atomic E-state index is 12.9. The average Bonchev–Trinajstić information content (AvgIpc) is 3.27. The van der Waals surface area contributed by atoms with Crippen LogP contribution < -0.4 is 4.90 Å². The summed E-state index contributed by atoms with van der Waals surface area (Å²) in [6.07, 6.45) is -3.51. The van der Waals surface area contributed by atoms with Gasteiger partial charge in [-0.1, -0.05) is 36.4 Å². The fourth-order valence-electron chi connectivity index (χ4n) is 3.75. The molecule has 4 rings (SSSR count). The van der Waals surface area contributed by atoms with Crippen LogP contribution in [0.3, 0.4) is 0 Å². The minimum Gasteiger partial charge on any atom is -0.461 e. The molecule has 1 saturated heterocycles. The van der Waals surface area contributed by atoms with Crippen LogP contribution in [0.1, 0.15) is 17.7 Å². The molecule has 0 atom stereocenters. The van der Waals surface area contributed by atoms with E-state index in [0.29, 0.717) is 44.7 Å². The third-order valence-corrected chi connectivity index (χ3v) is 5.48. The van der Waals surface area contributed by atoms with Crippen molar-refractivity contribution in [3.8, 4) is 11.3 Å². The summed E-state index contributed by atoms with van der Waals surface area (Å²) in [6.45, 7) is 1.99. The minimum absolute atomic E-state index is 0.0290. The predicted molar refractivity (Wildman–Crippen MR) is 113 cm³/mol. The van der Waals surface area contributed by atoms with Crippen LogP contribution in [0, 0.1) is 0 Å². The third-order valence-electron chi connectivity index (χ3n) is 5.48. The fraction of sp³-hybridized carbons (Fsp3) is 0.292. The first-order valence-corrected chi connectivity index (χ1v) is 10.2. The van der Waals surface area contributed by atoms with Crippen molar-refractivity contribution in [3.63, 3.8) is 0 Å². The number of anilines is 1. The summed E-state index contributed by atoms with van der Waals surface area (Å²) in [5, 5.41) is 0. The van der Waals surface area contributed by atoms with Crippen LogP contribution >= 0.6 is 0 Å². The van der Waals surface area contributed by atoms with E-state index in [-0.39, 0.29) is 5.91 Å². The molecule has 1 aliphatic rings. The Bertz CT molecular complexity index is 1020. The molecule has 162 valence electrons. The summed E-state index contributed by atoms with van der Waals surface area (Å²) in [4.78, 5) is 16.2. The molecule has 2 heterocycles. The Morgan fingerprint density at radius 2 is 1.65 bits per heavy atom. The molecule has 0 aliphatic carbocycles. The number of hydrogen-bond acceptors (Lipinski definition) is 3. The van der Waals surface area contributed by atoms with Crippen LogP contribution in [0.25, 0.3) is 11.3 Å². The van der Waals surface area contributed by atoms with E-state index in [4.69, 9.17) is 4.42 Å². The van der Waals surface area contributed by atoms with E-state index < -0.39 is 11.7 Å². The second-order valence-corrected chi connectivity index (χ2v) is 7.55. The van der Waals surface area contributed by atoms with Gasteiger partial charge in [-0.15, -0.1) is 0 Å². The van der Waals surface area contributed by atoms with Gasteiger partial charge in [-0.3, -0.25) is 4.79 Å². The molecule has 1 aliphatic heterocycles. The first-order chi connectivity index (χ1) is 14.9. The number of rotatable bonds is 5. The van der Waals surface area contributed by atoms with Crippen molar-refractivity contribution in [1.82, 2.24) is 4.90 Å². The van der Waals surface area contributed by atoms with Gasteiger partial charge in [-0.05, 0) is 30.3 Å². The topological polar surface area (TPSA) is 36.7 Å². The van der Waals surface area contributed by atoms with Gasteiger partial charge in [-0.2, -0.15) is 13.2 Å². The van der Waals surface area contributed by atoms with Crippen LogP contribution in [-0.2, 0) is 17.4 Å². The molecule has 1 amide bonds. The number of carbonyl (C=O) groups excluding carboxylic acids is 1. The standard InChI is InChI=1S/C24H23F3N2O2/c25-24(26,27)19-7-4-8-20(17-19)28-13-15-29(16-14-28)23(30)12-10-21-9-11-22(31-21)18-5-2-1-3-6-18/h1-9,11,17H,10,12-16H2. The number of aryl methyl sites for hydroxylation is 1. The van der Waals surface area contributed by atoms with Gasteiger partial charge in [0, 0.05) is 50.3 Å². The Hall–Kier alpha value is -3.22. The molecule has 0 radical (unpaired) electrons. The fourth-order valence-corrected chi connectivity index (χ4v) is 3.75. The molecule has 31 heavy (non-hydrogen) atoms. The van der Waals surface area contributed by atoms with Gasteiger partial charge in [0.15, 0.2) is 0 Å². The van der Waals surface area contributed by atoms with E-state index in [1.807, 2.05) is 47.4 Å². The molecule has 0 N–H and O–H groups in total. The molecule has 1 fully saturated rings. The highest BCUT2D eigenvalue weighted by atomic mass is 19.4. The van der Waals surface area contributed by atoms with Gasteiger partial charge in [0.1, 0.15) is 11.5 Å². The van der Waals surface area contributed by atoms with Crippen molar-refractivity contribution in [2.75, 3.05) is 31.1 Å². The second kappa shape index (κ2) is 8.88. The highest BCUT2D eigenvalue weighted by Crippen LogP contribution is 2.32. The van der Waals surface area contributed by atoms with Gasteiger partial charge in [-0.25, -0.2) is 0 Å². The van der Waals surface area contributed by atoms with E-state index in [1.54, 1.807) is 11.0 Å². The number of nitrogens with zero attached hydrogens (tertiary/aromatic N) is 2. The molecule has 3 aromatic rings. The van der Waals surface area contributed by atoms with Crippen molar-refractivity contribution >= 4 is 11.6 Å². The molecule has 0 unspecified atom stereocenters. The number of alkyl halides is 3. The highest BCUT2D eigenvalue weighted by molar-refractivity contribution is 5.76. The van der Waals surface area contributed by atoms with Gasteiger partial charge in [0.25, 0.3) is 0 Å². The van der Waals surface area contributed by atoms with Crippen LogP contribution in [0.15, 0.2) is 71.1 Å². The molecule has 1 aromatic heterocycles. The van der Waals surface area contributed by atoms with E-state index in [1.165, 1.54) is 12.1 Å². The number of furan rings is 1. The van der Waals surface area contributed by atoms with Gasteiger partial charge in [0.2, 0.25) is 5.91 Å². The Morgan fingerprint density at radius 1 is 0.903 bits per heavy atom. The molecule has 0 bridgehead atoms. The van der Waals surface area contributed by atoms with Crippen molar-refractivity contribution in [3.05, 3.63) is 78.1 Å². The number of hydrogen-bond donors (Lipinski definition) is 0. The van der Waals surface area contributed by atoms with E-state index in [0.717, 1.165) is 23.2 Å². The molecule has 7 heteroatoms. The average molecular weight is 428 g/mol. The summed E-state index contributed by atoms with van der Waals surface area (Å²) < 4.78 is 44.7. The van der Waals surface area contributed by atoms with E-state index in [2.05, 4.69) is 0 Å². The second-order valence-electron chi connectivity index (χ2n) is 7.55. The lowest BCUT2D eigenvalue weighted by atomic mass is 10.1. The van der Waals surface area contributed by atoms with Crippen molar-refractivity contribution in [2.24, 2.45) is 0 Å². The summed E-state index contributed by atoms with van der Waals surface area (Å²) >= 11 is 0. The summed E-state index contributed by atoms with van der Waals surface area (Å²) in [5.74, 6) is 1.56. The Kier molecular flexibility index (Phi) is 6.02. The molecule has 0 saturated carbocycles. The quantitative estimate of drug-likeness (QED) is 0.557. The minimum atomic E-state index is -4.36. The van der Waals surface area contributed by atoms with Gasteiger partial charge in [0.05, 0.1) is 5.56 Å². The number of benzene rings is 2. The van der Waals surface area contributed by atoms with Crippen LogP contribution in [0.5, 0.6) is 0 Å². The van der Waals surface area contributed by atoms with E-state index in [9.17, 15) is 18.0 Å². The van der Waals surface area contributed by atoms with Crippen LogP contribution in [0.2, 0.25) is 0 Å². The number of halogens is 3. The maximum atomic E-state index is 12.9. The normalized spacial score (nSPS) is 14.7. The van der Waals surface area contributed by atoms with E-state index >= 15 is 0 Å². The number of amides is 1. The monoisotopic (exact) mass is 428 g/mol. The van der Waals surface area contributed by atoms with Crippen molar-refractivity contribution in [2.45, 2.75) is 19.0 Å². The zero-order valence-electron chi connectivity index (χ0n) is 16.9. The number of carbonyl (C=O) groups is 1. The van der Waals surface area contributed by atoms with Crippen molar-refractivity contribution < 1.29 is 22.4 Å². The third kappa shape index (κ3) is 5.10. The Balaban J connectivity index is 1.29. The molecule has 2 aromatic carbocycles. The van der Waals surface area contributed by atoms with Gasteiger partial charge < -0.3 is 14.2 Å². The van der Waals surface area contributed by atoms with Crippen LogP contribution in [0.4, 0.5) is 18.9 Å². The largest absolute Gasteiger partial charge is 0.461 e. The zero-order valence-corrected chi connectivity index (χ0v) is 16.9. The molecule has 4 nitrogen and oxygen atoms in total. The first kappa shape index (κ1) is 21.0. The lowest BCUT2D eigenvalue weighted by Gasteiger charge is -2.36. The van der Waals surface area contributed by atoms with Gasteiger partial charge >= 0.3 is 6.18 Å². The van der Waals surface area contributed by atoms with Crippen molar-refractivity contribution in [1.29, 1.82) is 0 Å². The first-order valence-electron chi connectivity index (χ1n) is 10.2. The molecule has 0 spiro atoms. The maximum Gasteiger partial charge on any atom is 0.416 e. The summed E-state index contributed by atoms with van der Waals surface area (Å²) in [5.41, 5.74) is 0.869. The predicted octanol–water partition coefficient (Wildman–Crippen LogP) is 5.25. The summed E-state index contributed by atoms with van der Waals surface area (Å²) in [7, 11) is 0. The smallest absolute Gasteiger partial charge is 0.416 e. The number of piperazine rings is 1. The SMILES string of the molecule is O=C(CCc1ccc(-c2ccccc2)o1)N1CCN(c2cccc(C(F)(F)F)c2)CC1. The highest BCUT2D eigenvalue weighted by Gasteiger charge is 2.31. The van der Waals surface area contributed by atoms with Crippen LogP contribution in [-0.4, -0.2) is 37.0 Å². The Morgan fingerprint density at radius 3 is 2.35 bits per heavy atom. The lowest BCUT2D eigenvalue weighted by Crippen LogP contribution is -2.48. The zero-order chi connectivity index (χ0) is 21.8.